The molecule has 1 heterocycles. The molecular formula is C9H15N3O3. The molecule has 0 atom stereocenters. The van der Waals surface area contributed by atoms with Gasteiger partial charge >= 0.3 is 5.97 Å². The van der Waals surface area contributed by atoms with Crippen molar-refractivity contribution in [1.82, 2.24) is 10.1 Å². The van der Waals surface area contributed by atoms with Gasteiger partial charge in [0.1, 0.15) is 0 Å². The van der Waals surface area contributed by atoms with Gasteiger partial charge in [-0.1, -0.05) is 0 Å². The summed E-state index contributed by atoms with van der Waals surface area (Å²) in [6.45, 7) is 5.59. The molecule has 0 aromatic carbocycles. The average molecular weight is 213 g/mol. The number of nitrogens with zero attached hydrogens (tertiary/aromatic N) is 3. The Kier molecular flexibility index (Phi) is 4.08. The normalized spacial score (nSPS) is 10.3. The molecule has 0 bridgehead atoms. The van der Waals surface area contributed by atoms with E-state index in [-0.39, 0.29) is 12.8 Å². The molecule has 0 amide bonds. The van der Waals surface area contributed by atoms with Crippen LogP contribution in [0, 0.1) is 0 Å². The number of carboxylic acid groups (broad SMARTS) is 1. The van der Waals surface area contributed by atoms with Crippen LogP contribution in [0.4, 0.5) is 5.95 Å². The number of aromatic nitrogens is 2. The molecular weight excluding hydrogens is 198 g/mol. The summed E-state index contributed by atoms with van der Waals surface area (Å²) in [5.41, 5.74) is 0. The summed E-state index contributed by atoms with van der Waals surface area (Å²) in [4.78, 5) is 16.4. The lowest BCUT2D eigenvalue weighted by Gasteiger charge is -2.14. The van der Waals surface area contributed by atoms with Crippen molar-refractivity contribution < 1.29 is 14.4 Å². The molecule has 0 aliphatic heterocycles. The van der Waals surface area contributed by atoms with Gasteiger partial charge < -0.3 is 14.5 Å². The molecule has 0 radical (unpaired) electrons. The van der Waals surface area contributed by atoms with Gasteiger partial charge in [-0.2, -0.15) is 4.98 Å². The first-order valence-corrected chi connectivity index (χ1v) is 4.96. The van der Waals surface area contributed by atoms with Crippen molar-refractivity contribution in [1.29, 1.82) is 0 Å². The third-order valence-corrected chi connectivity index (χ3v) is 2.06. The Bertz CT molecular complexity index is 320. The third-order valence-electron chi connectivity index (χ3n) is 2.06. The fourth-order valence-electron chi connectivity index (χ4n) is 1.20. The molecule has 6 nitrogen and oxygen atoms in total. The highest BCUT2D eigenvalue weighted by Crippen LogP contribution is 2.09. The molecule has 0 saturated carbocycles. The maximum atomic E-state index is 10.3. The Morgan fingerprint density at radius 2 is 2.13 bits per heavy atom. The predicted octanol–water partition coefficient (Wildman–Crippen LogP) is 0.933. The van der Waals surface area contributed by atoms with Crippen LogP contribution in [0.5, 0.6) is 0 Å². The molecule has 1 rings (SSSR count). The van der Waals surface area contributed by atoms with Crippen molar-refractivity contribution in [2.45, 2.75) is 26.7 Å². The van der Waals surface area contributed by atoms with E-state index in [1.807, 2.05) is 18.7 Å². The standard InChI is InChI=1S/C9H15N3O3/c1-3-12(4-2)9-10-7(15-11-9)5-6-8(13)14/h3-6H2,1-2H3,(H,13,14). The first kappa shape index (κ1) is 11.5. The summed E-state index contributed by atoms with van der Waals surface area (Å²) in [7, 11) is 0. The van der Waals surface area contributed by atoms with Crippen molar-refractivity contribution in [3.05, 3.63) is 5.89 Å². The summed E-state index contributed by atoms with van der Waals surface area (Å²) < 4.78 is 4.93. The molecule has 0 fully saturated rings. The molecule has 0 aliphatic carbocycles. The first-order valence-electron chi connectivity index (χ1n) is 4.96. The van der Waals surface area contributed by atoms with Crippen LogP contribution in [-0.2, 0) is 11.2 Å². The lowest BCUT2D eigenvalue weighted by atomic mass is 10.3. The summed E-state index contributed by atoms with van der Waals surface area (Å²) in [6, 6.07) is 0. The van der Waals surface area contributed by atoms with E-state index in [0.29, 0.717) is 11.8 Å². The minimum Gasteiger partial charge on any atom is -0.481 e. The van der Waals surface area contributed by atoms with Gasteiger partial charge in [0.15, 0.2) is 0 Å². The van der Waals surface area contributed by atoms with Crippen molar-refractivity contribution in [2.24, 2.45) is 0 Å². The van der Waals surface area contributed by atoms with Gasteiger partial charge in [0.05, 0.1) is 6.42 Å². The van der Waals surface area contributed by atoms with E-state index in [1.54, 1.807) is 0 Å². The molecule has 0 spiro atoms. The number of hydrogen-bond acceptors (Lipinski definition) is 5. The Morgan fingerprint density at radius 3 is 2.67 bits per heavy atom. The van der Waals surface area contributed by atoms with E-state index in [2.05, 4.69) is 10.1 Å². The van der Waals surface area contributed by atoms with Crippen LogP contribution in [0.1, 0.15) is 26.2 Å². The lowest BCUT2D eigenvalue weighted by molar-refractivity contribution is -0.137. The Morgan fingerprint density at radius 1 is 1.47 bits per heavy atom. The van der Waals surface area contributed by atoms with Gasteiger partial charge in [-0.25, -0.2) is 0 Å². The van der Waals surface area contributed by atoms with Crippen LogP contribution in [0.3, 0.4) is 0 Å². The molecule has 1 aromatic rings. The smallest absolute Gasteiger partial charge is 0.303 e. The van der Waals surface area contributed by atoms with Gasteiger partial charge in [-0.15, -0.1) is 0 Å². The quantitative estimate of drug-likeness (QED) is 0.757. The molecule has 6 heteroatoms. The van der Waals surface area contributed by atoms with Gasteiger partial charge in [0.2, 0.25) is 5.89 Å². The highest BCUT2D eigenvalue weighted by Gasteiger charge is 2.11. The number of carboxylic acids is 1. The lowest BCUT2D eigenvalue weighted by Crippen LogP contribution is -2.23. The summed E-state index contributed by atoms with van der Waals surface area (Å²) in [6.07, 6.45) is 0.295. The third kappa shape index (κ3) is 3.23. The molecule has 1 N–H and O–H groups in total. The average Bonchev–Trinajstić information content (AvgIpc) is 2.65. The maximum absolute atomic E-state index is 10.3. The number of anilines is 1. The van der Waals surface area contributed by atoms with Crippen LogP contribution >= 0.6 is 0 Å². The topological polar surface area (TPSA) is 79.5 Å². The van der Waals surface area contributed by atoms with Crippen LogP contribution < -0.4 is 4.90 Å². The number of aliphatic carboxylic acids is 1. The number of rotatable bonds is 6. The maximum Gasteiger partial charge on any atom is 0.303 e. The second kappa shape index (κ2) is 5.33. The van der Waals surface area contributed by atoms with Gasteiger partial charge in [-0.3, -0.25) is 4.79 Å². The summed E-state index contributed by atoms with van der Waals surface area (Å²) >= 11 is 0. The number of hydrogen-bond donors (Lipinski definition) is 1. The fraction of sp³-hybridized carbons (Fsp3) is 0.667. The Hall–Kier alpha value is -1.59. The Balaban J connectivity index is 2.59. The van der Waals surface area contributed by atoms with Gasteiger partial charge in [0, 0.05) is 19.5 Å². The molecule has 1 aromatic heterocycles. The van der Waals surface area contributed by atoms with Gasteiger partial charge in [-0.05, 0) is 19.0 Å². The van der Waals surface area contributed by atoms with Crippen LogP contribution in [0.15, 0.2) is 4.52 Å². The largest absolute Gasteiger partial charge is 0.481 e. The van der Waals surface area contributed by atoms with E-state index < -0.39 is 5.97 Å². The van der Waals surface area contributed by atoms with Crippen molar-refractivity contribution >= 4 is 11.9 Å². The SMILES string of the molecule is CCN(CC)c1noc(CCC(=O)O)n1. The van der Waals surface area contributed by atoms with Crippen molar-refractivity contribution in [3.8, 4) is 0 Å². The molecule has 0 unspecified atom stereocenters. The molecule has 0 aliphatic rings. The minimum absolute atomic E-state index is 0.0138. The van der Waals surface area contributed by atoms with E-state index in [4.69, 9.17) is 9.63 Å². The van der Waals surface area contributed by atoms with Crippen molar-refractivity contribution in [3.63, 3.8) is 0 Å². The zero-order valence-electron chi connectivity index (χ0n) is 8.93. The van der Waals surface area contributed by atoms with Gasteiger partial charge in [0.25, 0.3) is 5.95 Å². The summed E-state index contributed by atoms with van der Waals surface area (Å²) in [5.74, 6) is 0.0391. The Labute approximate surface area is 87.9 Å². The minimum atomic E-state index is -0.863. The predicted molar refractivity (Wildman–Crippen MR) is 53.8 cm³/mol. The summed E-state index contributed by atoms with van der Waals surface area (Å²) in [5, 5.41) is 12.3. The molecule has 0 saturated heterocycles. The van der Waals surface area contributed by atoms with E-state index >= 15 is 0 Å². The van der Waals surface area contributed by atoms with E-state index in [9.17, 15) is 4.79 Å². The zero-order chi connectivity index (χ0) is 11.3. The van der Waals surface area contributed by atoms with Crippen molar-refractivity contribution in [2.75, 3.05) is 18.0 Å². The monoisotopic (exact) mass is 213 g/mol. The van der Waals surface area contributed by atoms with E-state index in [1.165, 1.54) is 0 Å². The molecule has 84 valence electrons. The highest BCUT2D eigenvalue weighted by molar-refractivity contribution is 5.66. The fourth-order valence-corrected chi connectivity index (χ4v) is 1.20. The van der Waals surface area contributed by atoms with Crippen LogP contribution in [-0.4, -0.2) is 34.3 Å². The number of carbonyl (C=O) groups is 1. The molecule has 15 heavy (non-hydrogen) atoms. The highest BCUT2D eigenvalue weighted by atomic mass is 16.5. The first-order chi connectivity index (χ1) is 7.17. The second-order valence-corrected chi connectivity index (χ2v) is 3.05. The van der Waals surface area contributed by atoms with Crippen LogP contribution in [0.25, 0.3) is 0 Å². The zero-order valence-corrected chi connectivity index (χ0v) is 8.93. The van der Waals surface area contributed by atoms with Crippen LogP contribution in [0.2, 0.25) is 0 Å². The van der Waals surface area contributed by atoms with E-state index in [0.717, 1.165) is 13.1 Å². The number of aryl methyl sites for hydroxylation is 1. The second-order valence-electron chi connectivity index (χ2n) is 3.05.